The molecule has 25 heavy (non-hydrogen) atoms. The second-order valence-electron chi connectivity index (χ2n) is 5.46. The molecule has 0 bridgehead atoms. The van der Waals surface area contributed by atoms with E-state index in [2.05, 4.69) is 4.99 Å². The zero-order valence-corrected chi connectivity index (χ0v) is 14.1. The molecule has 3 heterocycles. The van der Waals surface area contributed by atoms with Crippen molar-refractivity contribution >= 4 is 44.7 Å². The van der Waals surface area contributed by atoms with Crippen LogP contribution in [0.3, 0.4) is 0 Å². The van der Waals surface area contributed by atoms with E-state index in [1.54, 1.807) is 6.92 Å². The summed E-state index contributed by atoms with van der Waals surface area (Å²) in [6, 6.07) is 4.39. The van der Waals surface area contributed by atoms with Crippen molar-refractivity contribution in [2.45, 2.75) is 6.92 Å². The lowest BCUT2D eigenvalue weighted by atomic mass is 10.1. The third kappa shape index (κ3) is 2.45. The van der Waals surface area contributed by atoms with Crippen molar-refractivity contribution in [3.63, 3.8) is 0 Å². The first kappa shape index (κ1) is 15.6. The van der Waals surface area contributed by atoms with Gasteiger partial charge >= 0.3 is 5.63 Å². The van der Waals surface area contributed by atoms with Gasteiger partial charge in [-0.15, -0.1) is 0 Å². The summed E-state index contributed by atoms with van der Waals surface area (Å²) in [6.45, 7) is 1.66. The van der Waals surface area contributed by atoms with Crippen LogP contribution in [0, 0.1) is 6.92 Å². The second kappa shape index (κ2) is 5.59. The number of carbonyl (C=O) groups excluding carboxylic acids is 1. The molecule has 0 spiro atoms. The van der Waals surface area contributed by atoms with Gasteiger partial charge in [0.1, 0.15) is 33.1 Å². The van der Waals surface area contributed by atoms with E-state index < -0.39 is 5.63 Å². The fourth-order valence-electron chi connectivity index (χ4n) is 2.79. The van der Waals surface area contributed by atoms with Gasteiger partial charge in [-0.05, 0) is 13.0 Å². The predicted molar refractivity (Wildman–Crippen MR) is 93.8 cm³/mol. The highest BCUT2D eigenvalue weighted by Crippen LogP contribution is 2.34. The molecule has 3 aromatic rings. The lowest BCUT2D eigenvalue weighted by Gasteiger charge is -2.09. The molecule has 7 nitrogen and oxygen atoms in total. The Morgan fingerprint density at radius 3 is 2.60 bits per heavy atom. The minimum atomic E-state index is -0.621. The lowest BCUT2D eigenvalue weighted by molar-refractivity contribution is -0.115. The zero-order valence-electron chi connectivity index (χ0n) is 13.2. The summed E-state index contributed by atoms with van der Waals surface area (Å²) in [5.41, 5.74) is -0.217. The highest BCUT2D eigenvalue weighted by atomic mass is 32.2. The van der Waals surface area contributed by atoms with E-state index >= 15 is 0 Å². The minimum absolute atomic E-state index is 0.164. The van der Waals surface area contributed by atoms with Gasteiger partial charge in [0.15, 0.2) is 5.43 Å². The Hall–Kier alpha value is -2.87. The summed E-state index contributed by atoms with van der Waals surface area (Å²) < 4.78 is 16.3. The van der Waals surface area contributed by atoms with Crippen molar-refractivity contribution in [3.8, 4) is 5.75 Å². The van der Waals surface area contributed by atoms with Crippen molar-refractivity contribution < 1.29 is 18.4 Å². The standard InChI is InChI=1S/C17H11NO6S/c1-7-3-10(19)14-12(23-7)5-11-8(15(14)22-2)4-9(17(21)24-11)16-18-13(20)6-25-16/h3-5H,6H2,1-2H3. The van der Waals surface area contributed by atoms with Gasteiger partial charge in [-0.1, -0.05) is 11.8 Å². The second-order valence-corrected chi connectivity index (χ2v) is 6.43. The van der Waals surface area contributed by atoms with Crippen LogP contribution in [0.5, 0.6) is 5.75 Å². The number of nitrogens with zero attached hydrogens (tertiary/aromatic N) is 1. The van der Waals surface area contributed by atoms with E-state index in [9.17, 15) is 14.4 Å². The van der Waals surface area contributed by atoms with Crippen LogP contribution in [-0.4, -0.2) is 23.8 Å². The summed E-state index contributed by atoms with van der Waals surface area (Å²) in [7, 11) is 1.42. The van der Waals surface area contributed by atoms with Crippen LogP contribution >= 0.6 is 11.8 Å². The number of amides is 1. The Morgan fingerprint density at radius 2 is 1.92 bits per heavy atom. The molecule has 2 aromatic heterocycles. The smallest absolute Gasteiger partial charge is 0.346 e. The Morgan fingerprint density at radius 1 is 1.12 bits per heavy atom. The number of thioether (sulfide) groups is 1. The average molecular weight is 357 g/mol. The molecule has 0 fully saturated rings. The van der Waals surface area contributed by atoms with Gasteiger partial charge in [0.2, 0.25) is 0 Å². The fourth-order valence-corrected chi connectivity index (χ4v) is 3.58. The molecule has 1 amide bonds. The van der Waals surface area contributed by atoms with Gasteiger partial charge in [0.25, 0.3) is 5.91 Å². The number of aryl methyl sites for hydroxylation is 1. The number of rotatable bonds is 2. The van der Waals surface area contributed by atoms with Crippen molar-refractivity contribution in [3.05, 3.63) is 50.2 Å². The molecule has 8 heteroatoms. The van der Waals surface area contributed by atoms with Crippen LogP contribution < -0.4 is 15.8 Å². The van der Waals surface area contributed by atoms with E-state index in [0.717, 1.165) is 0 Å². The van der Waals surface area contributed by atoms with Crippen LogP contribution in [-0.2, 0) is 4.79 Å². The molecule has 1 aliphatic heterocycles. The van der Waals surface area contributed by atoms with Gasteiger partial charge in [-0.25, -0.2) is 9.79 Å². The van der Waals surface area contributed by atoms with Crippen LogP contribution in [0.4, 0.5) is 0 Å². The van der Waals surface area contributed by atoms with Gasteiger partial charge in [-0.3, -0.25) is 9.59 Å². The minimum Gasteiger partial charge on any atom is -0.495 e. The molecule has 1 aromatic carbocycles. The highest BCUT2D eigenvalue weighted by molar-refractivity contribution is 8.15. The summed E-state index contributed by atoms with van der Waals surface area (Å²) in [5.74, 6) is 0.570. The molecule has 4 rings (SSSR count). The SMILES string of the molecule is COc1c2cc(C3=NC(=O)CS3)c(=O)oc2cc2oc(C)cc(=O)c12. The molecular formula is C17H11NO6S. The highest BCUT2D eigenvalue weighted by Gasteiger charge is 2.23. The van der Waals surface area contributed by atoms with Crippen LogP contribution in [0.2, 0.25) is 0 Å². The molecule has 0 unspecified atom stereocenters. The van der Waals surface area contributed by atoms with Gasteiger partial charge in [0.05, 0.1) is 23.8 Å². The number of aliphatic imine (C=N–C) groups is 1. The third-order valence-corrected chi connectivity index (χ3v) is 4.78. The number of fused-ring (bicyclic) bond motifs is 2. The summed E-state index contributed by atoms with van der Waals surface area (Å²) in [6.07, 6.45) is 0. The van der Waals surface area contributed by atoms with Crippen molar-refractivity contribution in [1.82, 2.24) is 0 Å². The first-order valence-electron chi connectivity index (χ1n) is 7.32. The Bertz CT molecular complexity index is 1200. The van der Waals surface area contributed by atoms with E-state index in [1.807, 2.05) is 0 Å². The molecule has 0 radical (unpaired) electrons. The maximum Gasteiger partial charge on any atom is 0.346 e. The number of methoxy groups -OCH3 is 1. The summed E-state index contributed by atoms with van der Waals surface area (Å²) in [5, 5.41) is 1.000. The lowest BCUT2D eigenvalue weighted by Crippen LogP contribution is -2.12. The number of benzene rings is 1. The molecule has 0 aliphatic carbocycles. The number of ether oxygens (including phenoxy) is 1. The maximum absolute atomic E-state index is 12.4. The Balaban J connectivity index is 2.12. The Labute approximate surface area is 144 Å². The molecule has 0 N–H and O–H groups in total. The largest absolute Gasteiger partial charge is 0.495 e. The quantitative estimate of drug-likeness (QED) is 0.512. The van der Waals surface area contributed by atoms with Gasteiger partial charge in [0, 0.05) is 12.1 Å². The number of carbonyl (C=O) groups is 1. The molecule has 0 saturated heterocycles. The summed E-state index contributed by atoms with van der Waals surface area (Å²) in [4.78, 5) is 39.9. The normalized spacial score (nSPS) is 14.3. The fraction of sp³-hybridized carbons (Fsp3) is 0.176. The third-order valence-electron chi connectivity index (χ3n) is 3.80. The van der Waals surface area contributed by atoms with Crippen molar-refractivity contribution in [2.75, 3.05) is 12.9 Å². The Kier molecular flexibility index (Phi) is 3.50. The molecular weight excluding hydrogens is 346 g/mol. The first-order chi connectivity index (χ1) is 12.0. The number of hydrogen-bond donors (Lipinski definition) is 0. The van der Waals surface area contributed by atoms with Crippen LogP contribution in [0.1, 0.15) is 11.3 Å². The van der Waals surface area contributed by atoms with E-state index in [0.29, 0.717) is 16.2 Å². The van der Waals surface area contributed by atoms with Gasteiger partial charge < -0.3 is 13.6 Å². The van der Waals surface area contributed by atoms with Gasteiger partial charge in [-0.2, -0.15) is 0 Å². The van der Waals surface area contributed by atoms with Crippen LogP contribution in [0.15, 0.2) is 41.6 Å². The zero-order chi connectivity index (χ0) is 17.7. The van der Waals surface area contributed by atoms with Crippen LogP contribution in [0.25, 0.3) is 21.9 Å². The van der Waals surface area contributed by atoms with Crippen molar-refractivity contribution in [2.24, 2.45) is 4.99 Å². The molecule has 1 aliphatic rings. The summed E-state index contributed by atoms with van der Waals surface area (Å²) >= 11 is 1.17. The van der Waals surface area contributed by atoms with Crippen molar-refractivity contribution in [1.29, 1.82) is 0 Å². The molecule has 126 valence electrons. The first-order valence-corrected chi connectivity index (χ1v) is 8.30. The number of hydrogen-bond acceptors (Lipinski definition) is 7. The van der Waals surface area contributed by atoms with E-state index in [1.165, 1.54) is 37.1 Å². The monoisotopic (exact) mass is 357 g/mol. The maximum atomic E-state index is 12.4. The topological polar surface area (TPSA) is 99.1 Å². The molecule has 0 saturated carbocycles. The molecule has 0 atom stereocenters. The average Bonchev–Trinajstić information content (AvgIpc) is 2.98. The van der Waals surface area contributed by atoms with E-state index in [-0.39, 0.29) is 45.0 Å². The van der Waals surface area contributed by atoms with E-state index in [4.69, 9.17) is 13.6 Å². The predicted octanol–water partition coefficient (Wildman–Crippen LogP) is 2.24.